The third-order valence-electron chi connectivity index (χ3n) is 4.77. The van der Waals surface area contributed by atoms with Crippen molar-refractivity contribution >= 4 is 0 Å². The third-order valence-corrected chi connectivity index (χ3v) is 4.77. The lowest BCUT2D eigenvalue weighted by molar-refractivity contribution is 1.21. The number of hydrogen-bond acceptors (Lipinski definition) is 5. The fraction of sp³-hybridized carbons (Fsp3) is 0. The predicted octanol–water partition coefficient (Wildman–Crippen LogP) is 5.33. The van der Waals surface area contributed by atoms with Crippen LogP contribution in [0.5, 0.6) is 0 Å². The van der Waals surface area contributed by atoms with Gasteiger partial charge in [-0.05, 0) is 48.5 Å². The predicted molar refractivity (Wildman–Crippen MR) is 117 cm³/mol. The Kier molecular flexibility index (Phi) is 4.76. The topological polar surface area (TPSA) is 64.5 Å². The molecular weight excluding hydrogens is 370 g/mol. The van der Waals surface area contributed by atoms with Gasteiger partial charge in [-0.2, -0.15) is 0 Å². The van der Waals surface area contributed by atoms with Crippen LogP contribution in [-0.2, 0) is 0 Å². The SMILES string of the molecule is c1ccc(-c2cnc(-c3ccccn3)c(-c3ccccn3)c2-c2ccccn2)nc1. The van der Waals surface area contributed by atoms with Gasteiger partial charge in [-0.1, -0.05) is 24.3 Å². The van der Waals surface area contributed by atoms with Crippen LogP contribution in [0.3, 0.4) is 0 Å². The Bertz CT molecular complexity index is 1160. The molecule has 0 spiro atoms. The van der Waals surface area contributed by atoms with E-state index in [0.717, 1.165) is 45.2 Å². The van der Waals surface area contributed by atoms with Crippen LogP contribution < -0.4 is 0 Å². The minimum atomic E-state index is 0.759. The first-order chi connectivity index (χ1) is 14.9. The fourth-order valence-electron chi connectivity index (χ4n) is 3.46. The quantitative estimate of drug-likeness (QED) is 0.417. The summed E-state index contributed by atoms with van der Waals surface area (Å²) in [5.41, 5.74) is 6.73. The van der Waals surface area contributed by atoms with Crippen molar-refractivity contribution in [1.29, 1.82) is 0 Å². The van der Waals surface area contributed by atoms with E-state index in [-0.39, 0.29) is 0 Å². The van der Waals surface area contributed by atoms with Crippen LogP contribution in [0, 0.1) is 0 Å². The maximum atomic E-state index is 4.82. The summed E-state index contributed by atoms with van der Waals surface area (Å²) in [5, 5.41) is 0. The molecule has 0 aliphatic rings. The van der Waals surface area contributed by atoms with E-state index < -0.39 is 0 Å². The number of pyridine rings is 5. The van der Waals surface area contributed by atoms with Crippen LogP contribution in [0.4, 0.5) is 0 Å². The molecule has 30 heavy (non-hydrogen) atoms. The second kappa shape index (κ2) is 8.01. The van der Waals surface area contributed by atoms with Gasteiger partial charge in [-0.25, -0.2) is 0 Å². The highest BCUT2D eigenvalue weighted by Crippen LogP contribution is 2.41. The van der Waals surface area contributed by atoms with Crippen molar-refractivity contribution in [3.63, 3.8) is 0 Å². The fourth-order valence-corrected chi connectivity index (χ4v) is 3.46. The normalized spacial score (nSPS) is 10.7. The highest BCUT2D eigenvalue weighted by atomic mass is 14.8. The Morgan fingerprint density at radius 2 is 0.867 bits per heavy atom. The Balaban J connectivity index is 1.91. The lowest BCUT2D eigenvalue weighted by atomic mass is 9.92. The first-order valence-corrected chi connectivity index (χ1v) is 9.60. The molecule has 142 valence electrons. The molecule has 0 radical (unpaired) electrons. The molecule has 0 aromatic carbocycles. The van der Waals surface area contributed by atoms with Crippen molar-refractivity contribution in [3.8, 4) is 45.2 Å². The molecule has 0 atom stereocenters. The molecular formula is C25H17N5. The monoisotopic (exact) mass is 387 g/mol. The van der Waals surface area contributed by atoms with Crippen molar-refractivity contribution in [1.82, 2.24) is 24.9 Å². The number of hydrogen-bond donors (Lipinski definition) is 0. The Morgan fingerprint density at radius 1 is 0.400 bits per heavy atom. The molecule has 5 heterocycles. The lowest BCUT2D eigenvalue weighted by Gasteiger charge is -2.17. The molecule has 0 saturated heterocycles. The molecule has 5 nitrogen and oxygen atoms in total. The van der Waals surface area contributed by atoms with Gasteiger partial charge in [-0.3, -0.25) is 24.9 Å². The van der Waals surface area contributed by atoms with Crippen molar-refractivity contribution in [3.05, 3.63) is 104 Å². The largest absolute Gasteiger partial charge is 0.256 e. The van der Waals surface area contributed by atoms with Gasteiger partial charge in [-0.15, -0.1) is 0 Å². The smallest absolute Gasteiger partial charge is 0.0987 e. The van der Waals surface area contributed by atoms with Crippen LogP contribution in [0.1, 0.15) is 0 Å². The second-order valence-corrected chi connectivity index (χ2v) is 6.63. The molecule has 0 fully saturated rings. The van der Waals surface area contributed by atoms with Gasteiger partial charge < -0.3 is 0 Å². The molecule has 5 heteroatoms. The summed E-state index contributed by atoms with van der Waals surface area (Å²) in [6, 6.07) is 23.4. The van der Waals surface area contributed by atoms with Crippen LogP contribution in [0.15, 0.2) is 104 Å². The van der Waals surface area contributed by atoms with E-state index in [4.69, 9.17) is 4.98 Å². The number of rotatable bonds is 4. The van der Waals surface area contributed by atoms with Gasteiger partial charge in [0.2, 0.25) is 0 Å². The maximum absolute atomic E-state index is 4.82. The van der Waals surface area contributed by atoms with E-state index in [9.17, 15) is 0 Å². The summed E-state index contributed by atoms with van der Waals surface area (Å²) in [5.74, 6) is 0. The molecule has 0 saturated carbocycles. The van der Waals surface area contributed by atoms with E-state index in [1.165, 1.54) is 0 Å². The Labute approximate surface area is 174 Å². The average molecular weight is 387 g/mol. The molecule has 5 aromatic rings. The molecule has 0 amide bonds. The minimum absolute atomic E-state index is 0.759. The van der Waals surface area contributed by atoms with Gasteiger partial charge in [0.05, 0.1) is 28.5 Å². The Hall–Kier alpha value is -4.25. The van der Waals surface area contributed by atoms with E-state index in [1.807, 2.05) is 79.0 Å². The van der Waals surface area contributed by atoms with Gasteiger partial charge in [0.15, 0.2) is 0 Å². The molecule has 0 bridgehead atoms. The van der Waals surface area contributed by atoms with Crippen LogP contribution in [0.25, 0.3) is 45.2 Å². The highest BCUT2D eigenvalue weighted by Gasteiger charge is 2.22. The van der Waals surface area contributed by atoms with Crippen molar-refractivity contribution in [2.24, 2.45) is 0 Å². The van der Waals surface area contributed by atoms with Crippen LogP contribution in [0.2, 0.25) is 0 Å². The zero-order valence-corrected chi connectivity index (χ0v) is 16.1. The minimum Gasteiger partial charge on any atom is -0.256 e. The summed E-state index contributed by atoms with van der Waals surface area (Å²) in [7, 11) is 0. The van der Waals surface area contributed by atoms with Gasteiger partial charge in [0.1, 0.15) is 0 Å². The van der Waals surface area contributed by atoms with E-state index in [0.29, 0.717) is 0 Å². The molecule has 0 N–H and O–H groups in total. The van der Waals surface area contributed by atoms with Crippen LogP contribution >= 0.6 is 0 Å². The standard InChI is InChI=1S/C25H17N5/c1-5-13-26-19(9-1)18-17-30-25(22-12-4-8-16-29-22)24(21-11-3-7-15-28-21)23(18)20-10-2-6-14-27-20/h1-17H. The van der Waals surface area contributed by atoms with Crippen molar-refractivity contribution in [2.75, 3.05) is 0 Å². The molecule has 0 unspecified atom stereocenters. The van der Waals surface area contributed by atoms with E-state index in [1.54, 1.807) is 24.8 Å². The van der Waals surface area contributed by atoms with Crippen LogP contribution in [-0.4, -0.2) is 24.9 Å². The zero-order chi connectivity index (χ0) is 20.2. The van der Waals surface area contributed by atoms with E-state index >= 15 is 0 Å². The van der Waals surface area contributed by atoms with E-state index in [2.05, 4.69) is 19.9 Å². The lowest BCUT2D eigenvalue weighted by Crippen LogP contribution is -2.00. The molecule has 0 aliphatic heterocycles. The second-order valence-electron chi connectivity index (χ2n) is 6.63. The zero-order valence-electron chi connectivity index (χ0n) is 16.1. The van der Waals surface area contributed by atoms with Gasteiger partial charge >= 0.3 is 0 Å². The number of nitrogens with zero attached hydrogens (tertiary/aromatic N) is 5. The molecule has 0 aliphatic carbocycles. The van der Waals surface area contributed by atoms with Gasteiger partial charge in [0, 0.05) is 47.7 Å². The number of aromatic nitrogens is 5. The van der Waals surface area contributed by atoms with Crippen molar-refractivity contribution < 1.29 is 0 Å². The highest BCUT2D eigenvalue weighted by molar-refractivity contribution is 5.97. The summed E-state index contributed by atoms with van der Waals surface area (Å²) >= 11 is 0. The Morgan fingerprint density at radius 3 is 1.37 bits per heavy atom. The summed E-state index contributed by atoms with van der Waals surface area (Å²) in [6.45, 7) is 0. The summed E-state index contributed by atoms with van der Waals surface area (Å²) in [6.07, 6.45) is 8.98. The average Bonchev–Trinajstić information content (AvgIpc) is 2.85. The third kappa shape index (κ3) is 3.33. The van der Waals surface area contributed by atoms with Gasteiger partial charge in [0.25, 0.3) is 0 Å². The first-order valence-electron chi connectivity index (χ1n) is 9.60. The first kappa shape index (κ1) is 17.8. The molecule has 5 aromatic heterocycles. The molecule has 5 rings (SSSR count). The van der Waals surface area contributed by atoms with Crippen molar-refractivity contribution in [2.45, 2.75) is 0 Å². The summed E-state index contributed by atoms with van der Waals surface area (Å²) in [4.78, 5) is 23.2. The summed E-state index contributed by atoms with van der Waals surface area (Å²) < 4.78 is 0. The maximum Gasteiger partial charge on any atom is 0.0987 e.